The molecule has 1 aliphatic rings. The Morgan fingerprint density at radius 1 is 0.469 bits per heavy atom. The van der Waals surface area contributed by atoms with Crippen molar-refractivity contribution in [2.45, 2.75) is 0 Å². The Balaban J connectivity index is 1.88. The molecule has 156 valence electrons. The van der Waals surface area contributed by atoms with Gasteiger partial charge in [0.1, 0.15) is 11.5 Å². The van der Waals surface area contributed by atoms with Crippen LogP contribution in [0.15, 0.2) is 107 Å². The zero-order valence-corrected chi connectivity index (χ0v) is 17.9. The zero-order chi connectivity index (χ0) is 21.9. The SMILES string of the molecule is COc1ccc(OC)c2c1C(=Nc1ccccc1)c1ccccc1C2=Nc1ccccc1. The van der Waals surface area contributed by atoms with Crippen molar-refractivity contribution in [3.8, 4) is 11.5 Å². The van der Waals surface area contributed by atoms with Crippen LogP contribution in [-0.2, 0) is 0 Å². The van der Waals surface area contributed by atoms with E-state index in [1.807, 2.05) is 84.9 Å². The van der Waals surface area contributed by atoms with Crippen LogP contribution in [-0.4, -0.2) is 25.6 Å². The van der Waals surface area contributed by atoms with Crippen LogP contribution in [0, 0.1) is 0 Å². The lowest BCUT2D eigenvalue weighted by atomic mass is 9.81. The molecule has 4 nitrogen and oxygen atoms in total. The third-order valence-corrected chi connectivity index (χ3v) is 5.47. The normalized spacial score (nSPS) is 14.7. The van der Waals surface area contributed by atoms with E-state index in [9.17, 15) is 0 Å². The Labute approximate surface area is 187 Å². The summed E-state index contributed by atoms with van der Waals surface area (Å²) < 4.78 is 11.6. The fraction of sp³-hybridized carbons (Fsp3) is 0.0714. The van der Waals surface area contributed by atoms with Gasteiger partial charge in [0.05, 0.1) is 48.1 Å². The molecule has 0 amide bonds. The van der Waals surface area contributed by atoms with Gasteiger partial charge < -0.3 is 9.47 Å². The average molecular weight is 418 g/mol. The van der Waals surface area contributed by atoms with Crippen LogP contribution in [0.5, 0.6) is 11.5 Å². The first-order valence-corrected chi connectivity index (χ1v) is 10.4. The number of ether oxygens (including phenoxy) is 2. The smallest absolute Gasteiger partial charge is 0.129 e. The van der Waals surface area contributed by atoms with Crippen LogP contribution in [0.3, 0.4) is 0 Å². The number of para-hydroxylation sites is 2. The highest BCUT2D eigenvalue weighted by molar-refractivity contribution is 6.34. The van der Waals surface area contributed by atoms with Crippen molar-refractivity contribution in [1.82, 2.24) is 0 Å². The molecular weight excluding hydrogens is 396 g/mol. The first-order chi connectivity index (χ1) is 15.8. The summed E-state index contributed by atoms with van der Waals surface area (Å²) in [5.41, 5.74) is 7.19. The third-order valence-electron chi connectivity index (χ3n) is 5.47. The minimum atomic E-state index is 0.728. The first kappa shape index (κ1) is 19.8. The maximum absolute atomic E-state index is 5.80. The second kappa shape index (κ2) is 8.52. The standard InChI is InChI=1S/C28H22N2O2/c1-31-23-17-18-24(32-2)26-25(23)27(29-19-11-5-3-6-12-19)21-15-9-10-16-22(21)28(26)30-20-13-7-4-8-14-20/h3-18H,1-2H3. The average Bonchev–Trinajstić information content (AvgIpc) is 2.86. The lowest BCUT2D eigenvalue weighted by Gasteiger charge is -2.26. The molecule has 0 radical (unpaired) electrons. The number of aliphatic imine (C=N–C) groups is 2. The minimum Gasteiger partial charge on any atom is -0.496 e. The van der Waals surface area contributed by atoms with Gasteiger partial charge in [-0.1, -0.05) is 60.7 Å². The molecule has 0 aliphatic heterocycles. The molecule has 4 heteroatoms. The van der Waals surface area contributed by atoms with Crippen LogP contribution in [0.1, 0.15) is 22.3 Å². The van der Waals surface area contributed by atoms with Crippen LogP contribution in [0.25, 0.3) is 0 Å². The van der Waals surface area contributed by atoms with Gasteiger partial charge in [-0.15, -0.1) is 0 Å². The molecular formula is C28H22N2O2. The third kappa shape index (κ3) is 3.46. The van der Waals surface area contributed by atoms with Gasteiger partial charge in [-0.2, -0.15) is 0 Å². The van der Waals surface area contributed by atoms with E-state index in [0.717, 1.165) is 56.6 Å². The van der Waals surface area contributed by atoms with E-state index < -0.39 is 0 Å². The van der Waals surface area contributed by atoms with Crippen LogP contribution in [0.4, 0.5) is 11.4 Å². The van der Waals surface area contributed by atoms with Crippen molar-refractivity contribution in [2.75, 3.05) is 14.2 Å². The summed E-state index contributed by atoms with van der Waals surface area (Å²) in [5, 5.41) is 0. The van der Waals surface area contributed by atoms with Crippen molar-refractivity contribution in [3.05, 3.63) is 119 Å². The Hall–Kier alpha value is -4.18. The van der Waals surface area contributed by atoms with E-state index in [0.29, 0.717) is 0 Å². The summed E-state index contributed by atoms with van der Waals surface area (Å²) in [7, 11) is 3.35. The number of hydrogen-bond donors (Lipinski definition) is 0. The summed E-state index contributed by atoms with van der Waals surface area (Å²) in [4.78, 5) is 10.1. The number of methoxy groups -OCH3 is 2. The number of nitrogens with zero attached hydrogens (tertiary/aromatic N) is 2. The molecule has 0 saturated carbocycles. The van der Waals surface area contributed by atoms with E-state index in [-0.39, 0.29) is 0 Å². The van der Waals surface area contributed by atoms with E-state index >= 15 is 0 Å². The summed E-state index contributed by atoms with van der Waals surface area (Å²) in [6.45, 7) is 0. The van der Waals surface area contributed by atoms with Gasteiger partial charge in [0.15, 0.2) is 0 Å². The molecule has 5 rings (SSSR count). The second-order valence-electron chi connectivity index (χ2n) is 7.36. The molecule has 0 saturated heterocycles. The van der Waals surface area contributed by atoms with Crippen molar-refractivity contribution in [1.29, 1.82) is 0 Å². The summed E-state index contributed by atoms with van der Waals surface area (Å²) in [6, 6.07) is 32.0. The molecule has 0 unspecified atom stereocenters. The Kier molecular flexibility index (Phi) is 5.26. The summed E-state index contributed by atoms with van der Waals surface area (Å²) >= 11 is 0. The van der Waals surface area contributed by atoms with Crippen LogP contribution >= 0.6 is 0 Å². The van der Waals surface area contributed by atoms with Gasteiger partial charge in [0, 0.05) is 11.1 Å². The molecule has 0 fully saturated rings. The zero-order valence-electron chi connectivity index (χ0n) is 17.9. The van der Waals surface area contributed by atoms with Crippen molar-refractivity contribution >= 4 is 22.8 Å². The summed E-state index contributed by atoms with van der Waals surface area (Å²) in [5.74, 6) is 1.46. The molecule has 1 aliphatic carbocycles. The molecule has 4 aromatic rings. The monoisotopic (exact) mass is 418 g/mol. The second-order valence-corrected chi connectivity index (χ2v) is 7.36. The molecule has 0 spiro atoms. The lowest BCUT2D eigenvalue weighted by molar-refractivity contribution is 0.401. The molecule has 32 heavy (non-hydrogen) atoms. The van der Waals surface area contributed by atoms with Crippen LogP contribution < -0.4 is 9.47 Å². The van der Waals surface area contributed by atoms with E-state index in [1.165, 1.54) is 0 Å². The number of fused-ring (bicyclic) bond motifs is 2. The van der Waals surface area contributed by atoms with Gasteiger partial charge in [-0.3, -0.25) is 0 Å². The van der Waals surface area contributed by atoms with Crippen molar-refractivity contribution in [2.24, 2.45) is 9.98 Å². The summed E-state index contributed by atoms with van der Waals surface area (Å²) in [6.07, 6.45) is 0. The maximum Gasteiger partial charge on any atom is 0.129 e. The Bertz CT molecular complexity index is 1220. The van der Waals surface area contributed by atoms with Crippen molar-refractivity contribution in [3.63, 3.8) is 0 Å². The maximum atomic E-state index is 5.80. The largest absolute Gasteiger partial charge is 0.496 e. The molecule has 0 N–H and O–H groups in total. The number of benzene rings is 4. The van der Waals surface area contributed by atoms with Gasteiger partial charge in [0.25, 0.3) is 0 Å². The predicted molar refractivity (Wildman–Crippen MR) is 129 cm³/mol. The lowest BCUT2D eigenvalue weighted by Crippen LogP contribution is -2.23. The molecule has 0 atom stereocenters. The van der Waals surface area contributed by atoms with Gasteiger partial charge in [-0.25, -0.2) is 9.98 Å². The highest BCUT2D eigenvalue weighted by atomic mass is 16.5. The Morgan fingerprint density at radius 2 is 0.844 bits per heavy atom. The quantitative estimate of drug-likeness (QED) is 0.341. The van der Waals surface area contributed by atoms with E-state index in [2.05, 4.69) is 12.1 Å². The molecule has 4 aromatic carbocycles. The number of rotatable bonds is 4. The fourth-order valence-electron chi connectivity index (χ4n) is 4.04. The van der Waals surface area contributed by atoms with E-state index in [4.69, 9.17) is 19.5 Å². The molecule has 0 heterocycles. The Morgan fingerprint density at radius 3 is 1.22 bits per heavy atom. The topological polar surface area (TPSA) is 43.2 Å². The minimum absolute atomic E-state index is 0.728. The number of hydrogen-bond acceptors (Lipinski definition) is 4. The van der Waals surface area contributed by atoms with Crippen molar-refractivity contribution < 1.29 is 9.47 Å². The van der Waals surface area contributed by atoms with Gasteiger partial charge in [0.2, 0.25) is 0 Å². The van der Waals surface area contributed by atoms with Crippen LogP contribution in [0.2, 0.25) is 0 Å². The highest BCUT2D eigenvalue weighted by Gasteiger charge is 2.32. The van der Waals surface area contributed by atoms with Gasteiger partial charge >= 0.3 is 0 Å². The highest BCUT2D eigenvalue weighted by Crippen LogP contribution is 2.40. The van der Waals surface area contributed by atoms with E-state index in [1.54, 1.807) is 14.2 Å². The predicted octanol–water partition coefficient (Wildman–Crippen LogP) is 6.36. The fourth-order valence-corrected chi connectivity index (χ4v) is 4.04. The van der Waals surface area contributed by atoms with Gasteiger partial charge in [-0.05, 0) is 36.4 Å². The first-order valence-electron chi connectivity index (χ1n) is 10.4. The molecule has 0 aromatic heterocycles. The molecule has 0 bridgehead atoms.